The molecule has 0 spiro atoms. The lowest BCUT2D eigenvalue weighted by Gasteiger charge is -2.11. The largest absolute Gasteiger partial charge is 0.416 e. The molecule has 0 bridgehead atoms. The Morgan fingerprint density at radius 2 is 2.16 bits per heavy atom. The molecule has 0 saturated carbocycles. The van der Waals surface area contributed by atoms with Crippen LogP contribution in [0.3, 0.4) is 0 Å². The first-order chi connectivity index (χ1) is 8.88. The van der Waals surface area contributed by atoms with Crippen LogP contribution >= 0.6 is 11.6 Å². The lowest BCUT2D eigenvalue weighted by Crippen LogP contribution is -2.32. The van der Waals surface area contributed by atoms with Crippen LogP contribution in [0.15, 0.2) is 23.2 Å². The number of alkyl halides is 3. The van der Waals surface area contributed by atoms with Crippen molar-refractivity contribution in [1.29, 1.82) is 0 Å². The summed E-state index contributed by atoms with van der Waals surface area (Å²) in [6.07, 6.45) is -4.49. The van der Waals surface area contributed by atoms with Gasteiger partial charge in [-0.05, 0) is 18.2 Å². The van der Waals surface area contributed by atoms with Crippen LogP contribution < -0.4 is 10.6 Å². The zero-order valence-electron chi connectivity index (χ0n) is 9.51. The first-order valence-corrected chi connectivity index (χ1v) is 5.72. The molecule has 0 saturated heterocycles. The maximum absolute atomic E-state index is 12.5. The van der Waals surface area contributed by atoms with E-state index in [-0.39, 0.29) is 16.5 Å². The normalized spacial score (nSPS) is 14.8. The van der Waals surface area contributed by atoms with Gasteiger partial charge in [-0.1, -0.05) is 11.6 Å². The topological polar surface area (TPSA) is 53.5 Å². The molecule has 0 atom stereocenters. The minimum atomic E-state index is -4.49. The van der Waals surface area contributed by atoms with Gasteiger partial charge >= 0.3 is 6.18 Å². The molecule has 8 heteroatoms. The number of nitrogens with zero attached hydrogens (tertiary/aromatic N) is 1. The van der Waals surface area contributed by atoms with Crippen molar-refractivity contribution in [3.8, 4) is 0 Å². The van der Waals surface area contributed by atoms with E-state index in [2.05, 4.69) is 15.6 Å². The monoisotopic (exact) mass is 291 g/mol. The number of carbonyl (C=O) groups excluding carboxylic acids is 1. The Bertz CT molecular complexity index is 542. The van der Waals surface area contributed by atoms with Gasteiger partial charge in [0.15, 0.2) is 5.84 Å². The molecule has 2 N–H and O–H groups in total. The van der Waals surface area contributed by atoms with Crippen molar-refractivity contribution < 1.29 is 18.0 Å². The van der Waals surface area contributed by atoms with Crippen LogP contribution in [0.2, 0.25) is 5.02 Å². The molecule has 1 aromatic carbocycles. The molecular formula is C11H9ClF3N3O. The van der Waals surface area contributed by atoms with Gasteiger partial charge in [0.05, 0.1) is 22.8 Å². The third-order valence-corrected chi connectivity index (χ3v) is 2.76. The second-order valence-corrected chi connectivity index (χ2v) is 4.21. The molecule has 4 nitrogen and oxygen atoms in total. The minimum Gasteiger partial charge on any atom is -0.364 e. The minimum absolute atomic E-state index is 0.0277. The Balaban J connectivity index is 2.22. The molecule has 1 aromatic rings. The molecule has 19 heavy (non-hydrogen) atoms. The summed E-state index contributed by atoms with van der Waals surface area (Å²) in [5, 5.41) is 5.04. The zero-order valence-corrected chi connectivity index (χ0v) is 10.3. The van der Waals surface area contributed by atoms with E-state index < -0.39 is 17.6 Å². The summed E-state index contributed by atoms with van der Waals surface area (Å²) in [7, 11) is 0. The summed E-state index contributed by atoms with van der Waals surface area (Å²) in [5.74, 6) is -0.521. The number of hydrogen-bond donors (Lipinski definition) is 2. The van der Waals surface area contributed by atoms with E-state index >= 15 is 0 Å². The van der Waals surface area contributed by atoms with Crippen molar-refractivity contribution in [1.82, 2.24) is 5.32 Å². The van der Waals surface area contributed by atoms with E-state index in [0.29, 0.717) is 13.1 Å². The molecule has 1 aliphatic rings. The Labute approximate surface area is 111 Å². The summed E-state index contributed by atoms with van der Waals surface area (Å²) in [6.45, 7) is 0.984. The highest BCUT2D eigenvalue weighted by molar-refractivity contribution is 6.43. The molecule has 102 valence electrons. The molecule has 0 aromatic heterocycles. The van der Waals surface area contributed by atoms with Gasteiger partial charge in [0.25, 0.3) is 5.91 Å². The van der Waals surface area contributed by atoms with E-state index in [9.17, 15) is 18.0 Å². The van der Waals surface area contributed by atoms with Crippen molar-refractivity contribution in [3.63, 3.8) is 0 Å². The molecule has 1 heterocycles. The van der Waals surface area contributed by atoms with Crippen LogP contribution in [0.25, 0.3) is 0 Å². The fourth-order valence-corrected chi connectivity index (χ4v) is 1.69. The molecule has 1 amide bonds. The van der Waals surface area contributed by atoms with Gasteiger partial charge in [0.1, 0.15) is 0 Å². The molecule has 0 unspecified atom stereocenters. The fourth-order valence-electron chi connectivity index (χ4n) is 1.53. The number of amides is 1. The number of anilines is 1. The van der Waals surface area contributed by atoms with Gasteiger partial charge in [-0.3, -0.25) is 9.79 Å². The van der Waals surface area contributed by atoms with Crippen LogP contribution in [0.4, 0.5) is 18.9 Å². The fraction of sp³-hybridized carbons (Fsp3) is 0.273. The van der Waals surface area contributed by atoms with Crippen LogP contribution in [0.5, 0.6) is 0 Å². The molecule has 1 aliphatic heterocycles. The average molecular weight is 292 g/mol. The van der Waals surface area contributed by atoms with Gasteiger partial charge in [-0.15, -0.1) is 0 Å². The number of halogens is 4. The van der Waals surface area contributed by atoms with E-state index in [1.807, 2.05) is 0 Å². The van der Waals surface area contributed by atoms with E-state index in [4.69, 9.17) is 11.6 Å². The Hall–Kier alpha value is -1.76. The summed E-state index contributed by atoms with van der Waals surface area (Å²) in [5.41, 5.74) is -0.980. The van der Waals surface area contributed by atoms with Gasteiger partial charge in [-0.25, -0.2) is 0 Å². The maximum Gasteiger partial charge on any atom is 0.416 e. The maximum atomic E-state index is 12.5. The summed E-state index contributed by atoms with van der Waals surface area (Å²) in [6, 6.07) is 2.73. The molecular weight excluding hydrogens is 283 g/mol. The highest BCUT2D eigenvalue weighted by atomic mass is 35.5. The van der Waals surface area contributed by atoms with Gasteiger partial charge in [0.2, 0.25) is 0 Å². The number of nitrogens with one attached hydrogen (secondary N) is 2. The van der Waals surface area contributed by atoms with Crippen LogP contribution in [-0.2, 0) is 11.0 Å². The average Bonchev–Trinajstić information content (AvgIpc) is 2.84. The second kappa shape index (κ2) is 5.08. The summed E-state index contributed by atoms with van der Waals surface area (Å²) in [4.78, 5) is 15.5. The lowest BCUT2D eigenvalue weighted by molar-refractivity contribution is -0.137. The SMILES string of the molecule is O=C(Nc1cc(C(F)(F)F)ccc1Cl)C1=NCCN1. The van der Waals surface area contributed by atoms with Gasteiger partial charge < -0.3 is 10.6 Å². The van der Waals surface area contributed by atoms with Gasteiger partial charge in [0, 0.05) is 6.54 Å². The Kier molecular flexibility index (Phi) is 3.66. The van der Waals surface area contributed by atoms with Crippen molar-refractivity contribution >= 4 is 29.0 Å². The van der Waals surface area contributed by atoms with E-state index in [0.717, 1.165) is 18.2 Å². The lowest BCUT2D eigenvalue weighted by atomic mass is 10.2. The molecule has 2 rings (SSSR count). The Morgan fingerprint density at radius 1 is 1.42 bits per heavy atom. The van der Waals surface area contributed by atoms with Crippen LogP contribution in [0, 0.1) is 0 Å². The van der Waals surface area contributed by atoms with Crippen LogP contribution in [-0.4, -0.2) is 24.8 Å². The van der Waals surface area contributed by atoms with E-state index in [1.165, 1.54) is 0 Å². The predicted octanol–water partition coefficient (Wildman–Crippen LogP) is 2.30. The number of rotatable bonds is 2. The number of benzene rings is 1. The molecule has 0 fully saturated rings. The summed E-state index contributed by atoms with van der Waals surface area (Å²) < 4.78 is 37.6. The van der Waals surface area contributed by atoms with Crippen molar-refractivity contribution in [2.24, 2.45) is 4.99 Å². The third-order valence-electron chi connectivity index (χ3n) is 2.43. The van der Waals surface area contributed by atoms with Crippen molar-refractivity contribution in [2.75, 3.05) is 18.4 Å². The quantitative estimate of drug-likeness (QED) is 0.878. The number of hydrogen-bond acceptors (Lipinski definition) is 3. The second-order valence-electron chi connectivity index (χ2n) is 3.80. The number of carbonyl (C=O) groups is 1. The number of amidine groups is 1. The first kappa shape index (κ1) is 13.7. The van der Waals surface area contributed by atoms with E-state index in [1.54, 1.807) is 0 Å². The first-order valence-electron chi connectivity index (χ1n) is 5.34. The Morgan fingerprint density at radius 3 is 2.74 bits per heavy atom. The highest BCUT2D eigenvalue weighted by Crippen LogP contribution is 2.33. The highest BCUT2D eigenvalue weighted by Gasteiger charge is 2.31. The summed E-state index contributed by atoms with van der Waals surface area (Å²) >= 11 is 5.75. The molecule has 0 aliphatic carbocycles. The number of aliphatic imine (C=N–C) groups is 1. The smallest absolute Gasteiger partial charge is 0.364 e. The standard InChI is InChI=1S/C11H9ClF3N3O/c12-7-2-1-6(11(13,14)15)5-8(7)18-10(19)9-16-3-4-17-9/h1-2,5H,3-4H2,(H,16,17)(H,18,19). The predicted molar refractivity (Wildman–Crippen MR) is 65.4 cm³/mol. The zero-order chi connectivity index (χ0) is 14.0. The van der Waals surface area contributed by atoms with Crippen molar-refractivity contribution in [2.45, 2.75) is 6.18 Å². The van der Waals surface area contributed by atoms with Crippen LogP contribution in [0.1, 0.15) is 5.56 Å². The van der Waals surface area contributed by atoms with Gasteiger partial charge in [-0.2, -0.15) is 13.2 Å². The molecule has 0 radical (unpaired) electrons. The van der Waals surface area contributed by atoms with Crippen molar-refractivity contribution in [3.05, 3.63) is 28.8 Å². The third kappa shape index (κ3) is 3.17.